The monoisotopic (exact) mass is 325 g/mol. The summed E-state index contributed by atoms with van der Waals surface area (Å²) in [5.41, 5.74) is 0.676. The van der Waals surface area contributed by atoms with Crippen LogP contribution in [0.15, 0.2) is 36.4 Å². The molecule has 0 radical (unpaired) electrons. The van der Waals surface area contributed by atoms with Crippen LogP contribution in [0.4, 0.5) is 14.5 Å². The van der Waals surface area contributed by atoms with Gasteiger partial charge in [-0.1, -0.05) is 11.6 Å². The van der Waals surface area contributed by atoms with Gasteiger partial charge >= 0.3 is 0 Å². The molecule has 2 aromatic carbocycles. The Morgan fingerprint density at radius 3 is 2.59 bits per heavy atom. The number of benzene rings is 2. The van der Waals surface area contributed by atoms with Gasteiger partial charge in [-0.05, 0) is 49.7 Å². The van der Waals surface area contributed by atoms with E-state index in [-0.39, 0.29) is 5.69 Å². The van der Waals surface area contributed by atoms with Crippen LogP contribution in [0.1, 0.15) is 12.5 Å². The van der Waals surface area contributed by atoms with Gasteiger partial charge in [-0.2, -0.15) is 0 Å². The van der Waals surface area contributed by atoms with Gasteiger partial charge in [-0.15, -0.1) is 0 Å². The zero-order chi connectivity index (χ0) is 16.3. The van der Waals surface area contributed by atoms with Crippen molar-refractivity contribution in [3.63, 3.8) is 0 Å². The first-order valence-electron chi connectivity index (χ1n) is 6.55. The average molecular weight is 326 g/mol. The highest BCUT2D eigenvalue weighted by molar-refractivity contribution is 6.30. The van der Waals surface area contributed by atoms with Crippen molar-refractivity contribution >= 4 is 23.2 Å². The first-order chi connectivity index (χ1) is 10.4. The topological polar surface area (TPSA) is 38.3 Å². The van der Waals surface area contributed by atoms with Gasteiger partial charge in [0.25, 0.3) is 5.91 Å². The van der Waals surface area contributed by atoms with Gasteiger partial charge in [0.15, 0.2) is 6.10 Å². The van der Waals surface area contributed by atoms with Crippen LogP contribution in [-0.4, -0.2) is 12.0 Å². The second-order valence-electron chi connectivity index (χ2n) is 4.78. The summed E-state index contributed by atoms with van der Waals surface area (Å²) in [7, 11) is 0. The average Bonchev–Trinajstić information content (AvgIpc) is 2.44. The summed E-state index contributed by atoms with van der Waals surface area (Å²) in [6.45, 7) is 3.33. The Labute approximate surface area is 131 Å². The number of carbonyl (C=O) groups is 1. The van der Waals surface area contributed by atoms with E-state index < -0.39 is 23.6 Å². The molecule has 116 valence electrons. The zero-order valence-electron chi connectivity index (χ0n) is 12.0. The predicted octanol–water partition coefficient (Wildman–Crippen LogP) is 4.33. The maximum absolute atomic E-state index is 13.5. The van der Waals surface area contributed by atoms with E-state index in [0.29, 0.717) is 16.8 Å². The summed E-state index contributed by atoms with van der Waals surface area (Å²) in [6.07, 6.45) is -0.857. The molecular weight excluding hydrogens is 312 g/mol. The number of halogens is 3. The summed E-state index contributed by atoms with van der Waals surface area (Å²) in [4.78, 5) is 12.0. The zero-order valence-corrected chi connectivity index (χ0v) is 12.7. The minimum atomic E-state index is -0.857. The highest BCUT2D eigenvalue weighted by atomic mass is 35.5. The number of hydrogen-bond donors (Lipinski definition) is 1. The highest BCUT2D eigenvalue weighted by Crippen LogP contribution is 2.23. The van der Waals surface area contributed by atoms with Crippen LogP contribution in [0.3, 0.4) is 0 Å². The molecule has 0 saturated heterocycles. The molecule has 0 aliphatic carbocycles. The molecule has 0 unspecified atom stereocenters. The SMILES string of the molecule is Cc1cc(Cl)ccc1O[C@@H](C)C(=O)Nc1ccc(F)cc1F. The molecular formula is C16H14ClF2NO2. The van der Waals surface area contributed by atoms with Gasteiger partial charge in [0, 0.05) is 11.1 Å². The third kappa shape index (κ3) is 3.95. The van der Waals surface area contributed by atoms with E-state index in [0.717, 1.165) is 17.7 Å². The first-order valence-corrected chi connectivity index (χ1v) is 6.93. The normalized spacial score (nSPS) is 11.9. The molecule has 6 heteroatoms. The van der Waals surface area contributed by atoms with E-state index in [1.807, 2.05) is 0 Å². The lowest BCUT2D eigenvalue weighted by atomic mass is 10.2. The number of amides is 1. The minimum Gasteiger partial charge on any atom is -0.481 e. The molecule has 0 aromatic heterocycles. The van der Waals surface area contributed by atoms with Crippen LogP contribution in [-0.2, 0) is 4.79 Å². The van der Waals surface area contributed by atoms with Gasteiger partial charge in [0.2, 0.25) is 0 Å². The standard InChI is InChI=1S/C16H14ClF2NO2/c1-9-7-11(17)3-6-15(9)22-10(2)16(21)20-14-5-4-12(18)8-13(14)19/h3-8,10H,1-2H3,(H,20,21)/t10-/m0/s1. The maximum Gasteiger partial charge on any atom is 0.265 e. The molecule has 0 aliphatic heterocycles. The molecule has 0 heterocycles. The van der Waals surface area contributed by atoms with Crippen molar-refractivity contribution in [2.24, 2.45) is 0 Å². The summed E-state index contributed by atoms with van der Waals surface area (Å²) < 4.78 is 31.8. The van der Waals surface area contributed by atoms with Gasteiger partial charge in [-0.3, -0.25) is 4.79 Å². The van der Waals surface area contributed by atoms with E-state index in [4.69, 9.17) is 16.3 Å². The Kier molecular flexibility index (Phi) is 4.98. The van der Waals surface area contributed by atoms with Crippen molar-refractivity contribution in [3.05, 3.63) is 58.6 Å². The number of anilines is 1. The van der Waals surface area contributed by atoms with Crippen molar-refractivity contribution in [1.82, 2.24) is 0 Å². The van der Waals surface area contributed by atoms with Crippen LogP contribution in [0, 0.1) is 18.6 Å². The second-order valence-corrected chi connectivity index (χ2v) is 5.22. The molecule has 0 bridgehead atoms. The quantitative estimate of drug-likeness (QED) is 0.908. The number of aryl methyl sites for hydroxylation is 1. The number of rotatable bonds is 4. The molecule has 0 spiro atoms. The molecule has 1 atom stereocenters. The highest BCUT2D eigenvalue weighted by Gasteiger charge is 2.17. The molecule has 1 amide bonds. The summed E-state index contributed by atoms with van der Waals surface area (Å²) >= 11 is 5.85. The van der Waals surface area contributed by atoms with E-state index in [9.17, 15) is 13.6 Å². The van der Waals surface area contributed by atoms with Crippen molar-refractivity contribution in [2.45, 2.75) is 20.0 Å². The summed E-state index contributed by atoms with van der Waals surface area (Å²) in [5.74, 6) is -1.59. The van der Waals surface area contributed by atoms with Crippen LogP contribution in [0.25, 0.3) is 0 Å². The lowest BCUT2D eigenvalue weighted by Gasteiger charge is -2.16. The fourth-order valence-electron chi connectivity index (χ4n) is 1.81. The number of ether oxygens (including phenoxy) is 1. The van der Waals surface area contributed by atoms with Gasteiger partial charge in [-0.25, -0.2) is 8.78 Å². The van der Waals surface area contributed by atoms with Crippen molar-refractivity contribution in [3.8, 4) is 5.75 Å². The van der Waals surface area contributed by atoms with Gasteiger partial charge in [0.1, 0.15) is 17.4 Å². The fraction of sp³-hybridized carbons (Fsp3) is 0.188. The molecule has 1 N–H and O–H groups in total. The Hall–Kier alpha value is -2.14. The van der Waals surface area contributed by atoms with Crippen LogP contribution < -0.4 is 10.1 Å². The number of nitrogens with one attached hydrogen (secondary N) is 1. The Bertz CT molecular complexity index is 707. The molecule has 2 rings (SSSR count). The Balaban J connectivity index is 2.05. The van der Waals surface area contributed by atoms with E-state index in [2.05, 4.69) is 5.32 Å². The lowest BCUT2D eigenvalue weighted by molar-refractivity contribution is -0.122. The van der Waals surface area contributed by atoms with Crippen LogP contribution in [0.5, 0.6) is 5.75 Å². The maximum atomic E-state index is 13.5. The van der Waals surface area contributed by atoms with Crippen molar-refractivity contribution in [1.29, 1.82) is 0 Å². The molecule has 0 aliphatic rings. The second kappa shape index (κ2) is 6.75. The molecule has 22 heavy (non-hydrogen) atoms. The van der Waals surface area contributed by atoms with Crippen LogP contribution in [0.2, 0.25) is 5.02 Å². The third-order valence-electron chi connectivity index (χ3n) is 3.00. The number of carbonyl (C=O) groups excluding carboxylic acids is 1. The smallest absolute Gasteiger partial charge is 0.265 e. The lowest BCUT2D eigenvalue weighted by Crippen LogP contribution is -2.30. The van der Waals surface area contributed by atoms with Gasteiger partial charge < -0.3 is 10.1 Å². The first kappa shape index (κ1) is 16.2. The fourth-order valence-corrected chi connectivity index (χ4v) is 2.04. The van der Waals surface area contributed by atoms with E-state index in [1.165, 1.54) is 6.92 Å². The van der Waals surface area contributed by atoms with Gasteiger partial charge in [0.05, 0.1) is 5.69 Å². The largest absolute Gasteiger partial charge is 0.481 e. The van der Waals surface area contributed by atoms with Crippen LogP contribution >= 0.6 is 11.6 Å². The van der Waals surface area contributed by atoms with E-state index >= 15 is 0 Å². The summed E-state index contributed by atoms with van der Waals surface area (Å²) in [6, 6.07) is 7.93. The molecule has 2 aromatic rings. The molecule has 3 nitrogen and oxygen atoms in total. The molecule has 0 saturated carbocycles. The summed E-state index contributed by atoms with van der Waals surface area (Å²) in [5, 5.41) is 2.92. The minimum absolute atomic E-state index is 0.102. The Morgan fingerprint density at radius 2 is 1.95 bits per heavy atom. The molecule has 0 fully saturated rings. The van der Waals surface area contributed by atoms with Crippen molar-refractivity contribution in [2.75, 3.05) is 5.32 Å². The predicted molar refractivity (Wildman–Crippen MR) is 81.3 cm³/mol. The van der Waals surface area contributed by atoms with Crippen molar-refractivity contribution < 1.29 is 18.3 Å². The van der Waals surface area contributed by atoms with E-state index in [1.54, 1.807) is 25.1 Å². The number of hydrogen-bond acceptors (Lipinski definition) is 2. The third-order valence-corrected chi connectivity index (χ3v) is 3.23. The Morgan fingerprint density at radius 1 is 1.23 bits per heavy atom.